The van der Waals surface area contributed by atoms with E-state index in [1.165, 1.54) is 6.92 Å². The highest BCUT2D eigenvalue weighted by atomic mass is 16.5. The van der Waals surface area contributed by atoms with E-state index in [-0.39, 0.29) is 11.5 Å². The van der Waals surface area contributed by atoms with E-state index in [4.69, 9.17) is 4.74 Å². The fourth-order valence-corrected chi connectivity index (χ4v) is 2.29. The predicted octanol–water partition coefficient (Wildman–Crippen LogP) is 4.47. The molecule has 0 saturated carbocycles. The fraction of sp³-hybridized carbons (Fsp3) is 0.200. The Labute approximate surface area is 142 Å². The van der Waals surface area contributed by atoms with Gasteiger partial charge in [-0.3, -0.25) is 9.79 Å². The minimum Gasteiger partial charge on any atom is -0.504 e. The van der Waals surface area contributed by atoms with E-state index in [2.05, 4.69) is 11.6 Å². The van der Waals surface area contributed by atoms with Crippen LogP contribution in [0, 0.1) is 0 Å². The highest BCUT2D eigenvalue weighted by Gasteiger charge is 2.09. The molecule has 2 aromatic rings. The van der Waals surface area contributed by atoms with Crippen molar-refractivity contribution in [1.29, 1.82) is 0 Å². The van der Waals surface area contributed by atoms with Crippen molar-refractivity contribution in [1.82, 2.24) is 0 Å². The van der Waals surface area contributed by atoms with Crippen molar-refractivity contribution < 1.29 is 14.6 Å². The first kappa shape index (κ1) is 17.5. The van der Waals surface area contributed by atoms with Gasteiger partial charge in [0, 0.05) is 17.3 Å². The van der Waals surface area contributed by atoms with Crippen molar-refractivity contribution in [2.24, 2.45) is 4.99 Å². The number of rotatable bonds is 7. The lowest BCUT2D eigenvalue weighted by Gasteiger charge is -2.10. The number of carbonyl (C=O) groups is 1. The highest BCUT2D eigenvalue weighted by Crippen LogP contribution is 2.32. The normalized spacial score (nSPS) is 10.8. The third kappa shape index (κ3) is 4.32. The van der Waals surface area contributed by atoms with Crippen LogP contribution in [0.25, 0.3) is 0 Å². The molecule has 4 heteroatoms. The average Bonchev–Trinajstić information content (AvgIpc) is 2.57. The molecule has 0 bridgehead atoms. The van der Waals surface area contributed by atoms with Gasteiger partial charge in [0.05, 0.1) is 12.3 Å². The van der Waals surface area contributed by atoms with Crippen molar-refractivity contribution in [3.05, 3.63) is 65.7 Å². The molecule has 0 unspecified atom stereocenters. The number of allylic oxidation sites excluding steroid dienone is 1. The number of aromatic hydroxyl groups is 1. The van der Waals surface area contributed by atoms with Gasteiger partial charge in [0.1, 0.15) is 0 Å². The van der Waals surface area contributed by atoms with Crippen molar-refractivity contribution in [3.8, 4) is 11.5 Å². The summed E-state index contributed by atoms with van der Waals surface area (Å²) in [6, 6.07) is 10.7. The lowest BCUT2D eigenvalue weighted by atomic mass is 10.1. The molecule has 0 amide bonds. The lowest BCUT2D eigenvalue weighted by molar-refractivity contribution is 0.101. The maximum Gasteiger partial charge on any atom is 0.161 e. The molecule has 0 aliphatic rings. The summed E-state index contributed by atoms with van der Waals surface area (Å²) >= 11 is 0. The molecule has 4 nitrogen and oxygen atoms in total. The molecule has 24 heavy (non-hydrogen) atoms. The largest absolute Gasteiger partial charge is 0.504 e. The average molecular weight is 323 g/mol. The van der Waals surface area contributed by atoms with E-state index in [1.807, 2.05) is 19.1 Å². The summed E-state index contributed by atoms with van der Waals surface area (Å²) in [4.78, 5) is 15.8. The number of nitrogens with zero attached hydrogens (tertiary/aromatic N) is 1. The van der Waals surface area contributed by atoms with Crippen molar-refractivity contribution in [3.63, 3.8) is 0 Å². The SMILES string of the molecule is C=CCc1cc(C=Nc2cccc(C(C)=O)c2)cc(OCC)c1O. The topological polar surface area (TPSA) is 58.9 Å². The molecular weight excluding hydrogens is 302 g/mol. The second-order valence-electron chi connectivity index (χ2n) is 5.32. The van der Waals surface area contributed by atoms with Crippen LogP contribution < -0.4 is 4.74 Å². The van der Waals surface area contributed by atoms with Crippen LogP contribution in [0.1, 0.15) is 35.3 Å². The van der Waals surface area contributed by atoms with Gasteiger partial charge >= 0.3 is 0 Å². The van der Waals surface area contributed by atoms with Crippen LogP contribution in [-0.2, 0) is 6.42 Å². The Kier molecular flexibility index (Phi) is 5.90. The van der Waals surface area contributed by atoms with Crippen LogP contribution in [0.5, 0.6) is 11.5 Å². The van der Waals surface area contributed by atoms with E-state index < -0.39 is 0 Å². The Hall–Kier alpha value is -2.88. The Bertz CT molecular complexity index is 778. The number of Topliss-reactive ketones (excluding diaryl/α,β-unsaturated/α-hetero) is 1. The molecule has 1 N–H and O–H groups in total. The minimum absolute atomic E-state index is 0.00332. The van der Waals surface area contributed by atoms with E-state index in [1.54, 1.807) is 36.6 Å². The van der Waals surface area contributed by atoms with Crippen molar-refractivity contribution in [2.75, 3.05) is 6.61 Å². The Morgan fingerprint density at radius 2 is 2.12 bits per heavy atom. The summed E-state index contributed by atoms with van der Waals surface area (Å²) in [6.45, 7) is 7.55. The van der Waals surface area contributed by atoms with Gasteiger partial charge in [-0.2, -0.15) is 0 Å². The summed E-state index contributed by atoms with van der Waals surface area (Å²) in [5.41, 5.74) is 2.85. The van der Waals surface area contributed by atoms with Crippen LogP contribution in [-0.4, -0.2) is 23.7 Å². The molecule has 124 valence electrons. The third-order valence-electron chi connectivity index (χ3n) is 3.46. The number of phenols is 1. The zero-order chi connectivity index (χ0) is 17.5. The summed E-state index contributed by atoms with van der Waals surface area (Å²) < 4.78 is 5.48. The van der Waals surface area contributed by atoms with Crippen LogP contribution in [0.15, 0.2) is 54.0 Å². The lowest BCUT2D eigenvalue weighted by Crippen LogP contribution is -1.96. The number of aliphatic imine (C=N–C) groups is 1. The molecule has 0 aliphatic carbocycles. The van der Waals surface area contributed by atoms with Crippen LogP contribution in [0.4, 0.5) is 5.69 Å². The monoisotopic (exact) mass is 323 g/mol. The van der Waals surface area contributed by atoms with Gasteiger partial charge < -0.3 is 9.84 Å². The molecule has 0 atom stereocenters. The van der Waals surface area contributed by atoms with Gasteiger partial charge in [0.15, 0.2) is 17.3 Å². The van der Waals surface area contributed by atoms with Crippen molar-refractivity contribution in [2.45, 2.75) is 20.3 Å². The van der Waals surface area contributed by atoms with E-state index in [0.717, 1.165) is 11.1 Å². The zero-order valence-corrected chi connectivity index (χ0v) is 14.0. The van der Waals surface area contributed by atoms with E-state index in [9.17, 15) is 9.90 Å². The number of hydrogen-bond donors (Lipinski definition) is 1. The zero-order valence-electron chi connectivity index (χ0n) is 14.0. The van der Waals surface area contributed by atoms with Gasteiger partial charge in [-0.05, 0) is 50.1 Å². The molecular formula is C20H21NO3. The molecule has 0 heterocycles. The van der Waals surface area contributed by atoms with Gasteiger partial charge in [0.2, 0.25) is 0 Å². The standard InChI is InChI=1S/C20H21NO3/c1-4-7-17-10-15(11-19(20(17)23)24-5-2)13-21-18-9-6-8-16(12-18)14(3)22/h4,6,8-13,23H,1,5,7H2,2-3H3. The van der Waals surface area contributed by atoms with E-state index >= 15 is 0 Å². The first-order valence-electron chi connectivity index (χ1n) is 7.79. The van der Waals surface area contributed by atoms with Crippen molar-refractivity contribution >= 4 is 17.7 Å². The fourth-order valence-electron chi connectivity index (χ4n) is 2.29. The molecule has 2 rings (SSSR count). The van der Waals surface area contributed by atoms with Gasteiger partial charge in [-0.25, -0.2) is 0 Å². The number of ketones is 1. The molecule has 0 aromatic heterocycles. The number of phenolic OH excluding ortho intramolecular Hbond substituents is 1. The number of ether oxygens (including phenoxy) is 1. The minimum atomic E-state index is 0.00332. The summed E-state index contributed by atoms with van der Waals surface area (Å²) in [5, 5.41) is 10.2. The van der Waals surface area contributed by atoms with Crippen LogP contribution >= 0.6 is 0 Å². The first-order valence-corrected chi connectivity index (χ1v) is 7.79. The number of carbonyl (C=O) groups excluding carboxylic acids is 1. The smallest absolute Gasteiger partial charge is 0.161 e. The Morgan fingerprint density at radius 1 is 1.33 bits per heavy atom. The summed E-state index contributed by atoms with van der Waals surface area (Å²) in [5.74, 6) is 0.562. The second-order valence-corrected chi connectivity index (χ2v) is 5.32. The van der Waals surface area contributed by atoms with Crippen LogP contribution in [0.3, 0.4) is 0 Å². The van der Waals surface area contributed by atoms with E-state index in [0.29, 0.717) is 30.0 Å². The maximum atomic E-state index is 11.4. The summed E-state index contributed by atoms with van der Waals surface area (Å²) in [6.07, 6.45) is 3.95. The third-order valence-corrected chi connectivity index (χ3v) is 3.46. The molecule has 0 spiro atoms. The molecule has 0 fully saturated rings. The number of hydrogen-bond acceptors (Lipinski definition) is 4. The molecule has 2 aromatic carbocycles. The van der Waals surface area contributed by atoms with Gasteiger partial charge in [-0.15, -0.1) is 6.58 Å². The van der Waals surface area contributed by atoms with Gasteiger partial charge in [-0.1, -0.05) is 18.2 Å². The Morgan fingerprint density at radius 3 is 2.79 bits per heavy atom. The predicted molar refractivity (Wildman–Crippen MR) is 96.9 cm³/mol. The maximum absolute atomic E-state index is 11.4. The van der Waals surface area contributed by atoms with Gasteiger partial charge in [0.25, 0.3) is 0 Å². The van der Waals surface area contributed by atoms with Crippen LogP contribution in [0.2, 0.25) is 0 Å². The second kappa shape index (κ2) is 8.11. The quantitative estimate of drug-likeness (QED) is 0.464. The summed E-state index contributed by atoms with van der Waals surface area (Å²) in [7, 11) is 0. The molecule has 0 radical (unpaired) electrons. The number of benzene rings is 2. The highest BCUT2D eigenvalue weighted by molar-refractivity contribution is 5.95. The molecule has 0 aliphatic heterocycles. The first-order chi connectivity index (χ1) is 11.5. The Balaban J connectivity index is 2.35. The molecule has 0 saturated heterocycles.